The summed E-state index contributed by atoms with van der Waals surface area (Å²) in [5.74, 6) is -2.78. The first-order valence-electron chi connectivity index (χ1n) is 12.0. The van der Waals surface area contributed by atoms with Crippen molar-refractivity contribution >= 4 is 81.8 Å². The number of hydrogen-bond acceptors (Lipinski definition) is 7. The van der Waals surface area contributed by atoms with Gasteiger partial charge in [0.2, 0.25) is 0 Å². The third kappa shape index (κ3) is 7.42. The van der Waals surface area contributed by atoms with E-state index in [-0.39, 0.29) is 44.2 Å². The van der Waals surface area contributed by atoms with E-state index in [1.165, 1.54) is 12.1 Å². The van der Waals surface area contributed by atoms with E-state index in [0.29, 0.717) is 43.5 Å². The molecule has 0 unspecified atom stereocenters. The maximum absolute atomic E-state index is 12.7. The van der Waals surface area contributed by atoms with Crippen molar-refractivity contribution < 1.29 is 33.4 Å². The summed E-state index contributed by atoms with van der Waals surface area (Å²) in [6.07, 6.45) is 2.10. The Morgan fingerprint density at radius 3 is 1.97 bits per heavy atom. The summed E-state index contributed by atoms with van der Waals surface area (Å²) in [6, 6.07) is 6.13. The van der Waals surface area contributed by atoms with Crippen molar-refractivity contribution in [3.63, 3.8) is 0 Å². The van der Waals surface area contributed by atoms with Crippen molar-refractivity contribution in [3.05, 3.63) is 61.0 Å². The van der Waals surface area contributed by atoms with Crippen LogP contribution in [-0.4, -0.2) is 54.3 Å². The summed E-state index contributed by atoms with van der Waals surface area (Å²) in [5.41, 5.74) is 0.641. The van der Waals surface area contributed by atoms with Gasteiger partial charge >= 0.3 is 11.9 Å². The molecule has 0 saturated carbocycles. The summed E-state index contributed by atoms with van der Waals surface area (Å²) >= 11 is 24.2. The minimum Gasteiger partial charge on any atom is -0.462 e. The van der Waals surface area contributed by atoms with Crippen LogP contribution in [-0.2, 0) is 19.1 Å². The predicted molar refractivity (Wildman–Crippen MR) is 147 cm³/mol. The van der Waals surface area contributed by atoms with Crippen LogP contribution in [0.5, 0.6) is 0 Å². The van der Waals surface area contributed by atoms with Crippen LogP contribution in [0, 0.1) is 0 Å². The van der Waals surface area contributed by atoms with Gasteiger partial charge in [-0.15, -0.1) is 0 Å². The molecule has 3 rings (SSSR count). The van der Waals surface area contributed by atoms with Crippen LogP contribution >= 0.6 is 46.4 Å². The number of amides is 3. The second-order valence-corrected chi connectivity index (χ2v) is 10.0. The fraction of sp³-hybridized carbons (Fsp3) is 0.346. The normalized spacial score (nSPS) is 12.4. The van der Waals surface area contributed by atoms with Crippen LogP contribution in [0.2, 0.25) is 20.1 Å². The Morgan fingerprint density at radius 1 is 0.821 bits per heavy atom. The molecule has 3 amide bonds. The second kappa shape index (κ2) is 14.0. The third-order valence-electron chi connectivity index (χ3n) is 5.65. The van der Waals surface area contributed by atoms with E-state index >= 15 is 0 Å². The second-order valence-electron chi connectivity index (χ2n) is 8.50. The van der Waals surface area contributed by atoms with Crippen LogP contribution < -0.4 is 5.32 Å². The van der Waals surface area contributed by atoms with E-state index in [0.717, 1.165) is 4.90 Å². The number of esters is 2. The molecule has 1 aliphatic heterocycles. The number of nitrogens with one attached hydrogen (secondary N) is 1. The number of carbonyl (C=O) groups excluding carboxylic acids is 5. The lowest BCUT2D eigenvalue weighted by molar-refractivity contribution is -0.147. The molecule has 1 aliphatic rings. The number of unbranched alkanes of at least 4 members (excludes halogenated alkanes) is 2. The Kier molecular flexibility index (Phi) is 11.0. The smallest absolute Gasteiger partial charge is 0.338 e. The molecule has 2 aromatic carbocycles. The molecule has 0 radical (unpaired) electrons. The molecule has 2 aromatic rings. The molecule has 0 aromatic heterocycles. The summed E-state index contributed by atoms with van der Waals surface area (Å²) in [5, 5.41) is 2.12. The minimum absolute atomic E-state index is 0.0485. The van der Waals surface area contributed by atoms with Gasteiger partial charge in [0.05, 0.1) is 43.4 Å². The van der Waals surface area contributed by atoms with Crippen LogP contribution in [0.3, 0.4) is 0 Å². The molecular formula is C26H24Cl4N2O7. The quantitative estimate of drug-likeness (QED) is 0.0989. The number of nitrogens with zero attached hydrogens (tertiary/aromatic N) is 1. The highest BCUT2D eigenvalue weighted by atomic mass is 35.5. The lowest BCUT2D eigenvalue weighted by Crippen LogP contribution is -2.30. The molecule has 208 valence electrons. The molecule has 0 aliphatic carbocycles. The number of anilines is 1. The van der Waals surface area contributed by atoms with E-state index < -0.39 is 36.3 Å². The van der Waals surface area contributed by atoms with E-state index in [2.05, 4.69) is 5.32 Å². The molecule has 13 heteroatoms. The first kappa shape index (κ1) is 30.7. The van der Waals surface area contributed by atoms with Crippen molar-refractivity contribution in [1.29, 1.82) is 0 Å². The highest BCUT2D eigenvalue weighted by molar-refractivity contribution is 6.55. The SMILES string of the molecule is CCCOC(=O)c1ccc(NC(=O)COC(=O)CCCCCN2C(=O)c3c(Cl)c(Cl)c(Cl)c(Cl)c3C2=O)cc1. The lowest BCUT2D eigenvalue weighted by Gasteiger charge is -2.13. The highest BCUT2D eigenvalue weighted by Crippen LogP contribution is 2.44. The van der Waals surface area contributed by atoms with Crippen molar-refractivity contribution in [2.45, 2.75) is 39.0 Å². The fourth-order valence-electron chi connectivity index (χ4n) is 3.70. The Hall–Kier alpha value is -2.85. The van der Waals surface area contributed by atoms with E-state index in [1.807, 2.05) is 6.92 Å². The maximum atomic E-state index is 12.7. The van der Waals surface area contributed by atoms with Gasteiger partial charge in [0.25, 0.3) is 17.7 Å². The molecule has 39 heavy (non-hydrogen) atoms. The molecule has 9 nitrogen and oxygen atoms in total. The van der Waals surface area contributed by atoms with Gasteiger partial charge in [0.1, 0.15) is 0 Å². The highest BCUT2D eigenvalue weighted by Gasteiger charge is 2.41. The van der Waals surface area contributed by atoms with Gasteiger partial charge in [-0.2, -0.15) is 0 Å². The topological polar surface area (TPSA) is 119 Å². The van der Waals surface area contributed by atoms with Crippen molar-refractivity contribution in [2.24, 2.45) is 0 Å². The van der Waals surface area contributed by atoms with Gasteiger partial charge in [-0.25, -0.2) is 4.79 Å². The molecule has 0 atom stereocenters. The van der Waals surface area contributed by atoms with Gasteiger partial charge < -0.3 is 14.8 Å². The zero-order chi connectivity index (χ0) is 28.7. The molecule has 0 saturated heterocycles. The molecular weight excluding hydrogens is 594 g/mol. The van der Waals surface area contributed by atoms with Crippen LogP contribution in [0.25, 0.3) is 0 Å². The van der Waals surface area contributed by atoms with Gasteiger partial charge in [-0.1, -0.05) is 59.7 Å². The zero-order valence-corrected chi connectivity index (χ0v) is 23.8. The van der Waals surface area contributed by atoms with E-state index in [1.54, 1.807) is 12.1 Å². The number of hydrogen-bond donors (Lipinski definition) is 1. The number of rotatable bonds is 12. The Labute approximate surface area is 244 Å². The summed E-state index contributed by atoms with van der Waals surface area (Å²) in [4.78, 5) is 62.3. The number of imide groups is 1. The molecule has 1 N–H and O–H groups in total. The Balaban J connectivity index is 1.36. The number of halogens is 4. The Bertz CT molecular complexity index is 1250. The largest absolute Gasteiger partial charge is 0.462 e. The lowest BCUT2D eigenvalue weighted by atomic mass is 10.1. The van der Waals surface area contributed by atoms with E-state index in [9.17, 15) is 24.0 Å². The van der Waals surface area contributed by atoms with Crippen molar-refractivity contribution in [2.75, 3.05) is 25.1 Å². The minimum atomic E-state index is -0.614. The van der Waals surface area contributed by atoms with Gasteiger partial charge in [0.15, 0.2) is 6.61 Å². The van der Waals surface area contributed by atoms with Gasteiger partial charge in [-0.05, 0) is 43.5 Å². The first-order valence-corrected chi connectivity index (χ1v) is 13.5. The van der Waals surface area contributed by atoms with E-state index in [4.69, 9.17) is 55.9 Å². The van der Waals surface area contributed by atoms with Crippen LogP contribution in [0.4, 0.5) is 5.69 Å². The zero-order valence-electron chi connectivity index (χ0n) is 20.8. The summed E-state index contributed by atoms with van der Waals surface area (Å²) < 4.78 is 10.0. The number of carbonyl (C=O) groups is 5. The summed E-state index contributed by atoms with van der Waals surface area (Å²) in [7, 11) is 0. The molecule has 1 heterocycles. The Morgan fingerprint density at radius 2 is 1.41 bits per heavy atom. The van der Waals surface area contributed by atoms with Crippen LogP contribution in [0.1, 0.15) is 70.1 Å². The number of ether oxygens (including phenoxy) is 2. The van der Waals surface area contributed by atoms with Gasteiger partial charge in [0, 0.05) is 18.7 Å². The molecule has 0 spiro atoms. The summed E-state index contributed by atoms with van der Waals surface area (Å²) in [6.45, 7) is 1.83. The third-order valence-corrected chi connectivity index (χ3v) is 7.46. The molecule has 0 bridgehead atoms. The van der Waals surface area contributed by atoms with Gasteiger partial charge in [-0.3, -0.25) is 24.1 Å². The average molecular weight is 618 g/mol. The van der Waals surface area contributed by atoms with Crippen molar-refractivity contribution in [3.8, 4) is 0 Å². The fourth-order valence-corrected chi connectivity index (χ4v) is 4.71. The molecule has 0 fully saturated rings. The number of fused-ring (bicyclic) bond motifs is 1. The van der Waals surface area contributed by atoms with Crippen LogP contribution in [0.15, 0.2) is 24.3 Å². The first-order chi connectivity index (χ1) is 18.6. The monoisotopic (exact) mass is 616 g/mol. The average Bonchev–Trinajstić information content (AvgIpc) is 3.17. The van der Waals surface area contributed by atoms with Crippen molar-refractivity contribution in [1.82, 2.24) is 4.90 Å². The predicted octanol–water partition coefficient (Wildman–Crippen LogP) is 6.21. The maximum Gasteiger partial charge on any atom is 0.338 e. The standard InChI is InChI=1S/C26H24Cl4N2O7/c1-2-12-38-26(37)14-7-9-15(10-8-14)31-16(33)13-39-17(34)6-4-3-5-11-32-24(35)18-19(25(32)36)21(28)23(30)22(29)20(18)27/h7-10H,2-6,11-13H2,1H3,(H,31,33). The number of benzene rings is 2.